The van der Waals surface area contributed by atoms with Gasteiger partial charge in [0.15, 0.2) is 0 Å². The third kappa shape index (κ3) is 1.49. The third-order valence-electron chi connectivity index (χ3n) is 2.98. The zero-order valence-corrected chi connectivity index (χ0v) is 8.30. The lowest BCUT2D eigenvalue weighted by Crippen LogP contribution is -2.21. The Labute approximate surface area is 79.4 Å². The van der Waals surface area contributed by atoms with Crippen LogP contribution in [0.1, 0.15) is 23.6 Å². The number of aliphatic hydroxyl groups excluding tert-OH is 1. The Kier molecular flexibility index (Phi) is 1.92. The molecule has 1 aromatic carbocycles. The number of hydrogen-bond donors (Lipinski definition) is 1. The molecule has 2 rings (SSSR count). The maximum atomic E-state index is 9.27. The van der Waals surface area contributed by atoms with Crippen LogP contribution in [-0.4, -0.2) is 11.7 Å². The van der Waals surface area contributed by atoms with E-state index in [-0.39, 0.29) is 5.41 Å². The van der Waals surface area contributed by atoms with Crippen molar-refractivity contribution in [3.63, 3.8) is 0 Å². The highest BCUT2D eigenvalue weighted by Crippen LogP contribution is 2.36. The summed E-state index contributed by atoms with van der Waals surface area (Å²) in [7, 11) is 0. The van der Waals surface area contributed by atoms with Gasteiger partial charge in [-0.15, -0.1) is 0 Å². The molecule has 1 N–H and O–H groups in total. The molecule has 0 saturated carbocycles. The maximum absolute atomic E-state index is 9.27. The monoisotopic (exact) mass is 176 g/mol. The fourth-order valence-corrected chi connectivity index (χ4v) is 2.19. The van der Waals surface area contributed by atoms with E-state index in [0.717, 1.165) is 12.8 Å². The van der Waals surface area contributed by atoms with E-state index < -0.39 is 0 Å². The first-order valence-electron chi connectivity index (χ1n) is 4.82. The number of aryl methyl sites for hydroxylation is 1. The molecular formula is C12H16O. The van der Waals surface area contributed by atoms with Crippen LogP contribution in [0.4, 0.5) is 0 Å². The Morgan fingerprint density at radius 3 is 2.69 bits per heavy atom. The quantitative estimate of drug-likeness (QED) is 0.694. The van der Waals surface area contributed by atoms with Crippen LogP contribution < -0.4 is 0 Å². The zero-order valence-electron chi connectivity index (χ0n) is 8.30. The van der Waals surface area contributed by atoms with Gasteiger partial charge in [0.05, 0.1) is 0 Å². The van der Waals surface area contributed by atoms with Gasteiger partial charge in [0, 0.05) is 6.61 Å². The van der Waals surface area contributed by atoms with Crippen LogP contribution in [0.5, 0.6) is 0 Å². The van der Waals surface area contributed by atoms with Gasteiger partial charge in [-0.25, -0.2) is 0 Å². The average Bonchev–Trinajstić information content (AvgIpc) is 2.42. The van der Waals surface area contributed by atoms with Gasteiger partial charge in [-0.2, -0.15) is 0 Å². The van der Waals surface area contributed by atoms with Crippen LogP contribution in [0, 0.1) is 12.3 Å². The summed E-state index contributed by atoms with van der Waals surface area (Å²) in [5.74, 6) is 0. The van der Waals surface area contributed by atoms with E-state index in [1.807, 2.05) is 0 Å². The lowest BCUT2D eigenvalue weighted by Gasteiger charge is -2.19. The van der Waals surface area contributed by atoms with E-state index in [1.54, 1.807) is 0 Å². The van der Waals surface area contributed by atoms with E-state index in [2.05, 4.69) is 32.0 Å². The SMILES string of the molecule is Cc1ccc2c(c1)C[C@](C)(CO)C2. The molecule has 0 heterocycles. The van der Waals surface area contributed by atoms with Crippen molar-refractivity contribution in [3.8, 4) is 0 Å². The summed E-state index contributed by atoms with van der Waals surface area (Å²) in [5.41, 5.74) is 4.26. The topological polar surface area (TPSA) is 20.2 Å². The molecule has 0 fully saturated rings. The highest BCUT2D eigenvalue weighted by molar-refractivity contribution is 5.37. The molecule has 0 aliphatic heterocycles. The van der Waals surface area contributed by atoms with Gasteiger partial charge >= 0.3 is 0 Å². The second-order valence-corrected chi connectivity index (χ2v) is 4.59. The summed E-state index contributed by atoms with van der Waals surface area (Å²) in [6.45, 7) is 4.57. The molecule has 13 heavy (non-hydrogen) atoms. The normalized spacial score (nSPS) is 26.1. The molecule has 0 unspecified atom stereocenters. The van der Waals surface area contributed by atoms with Gasteiger partial charge in [0.25, 0.3) is 0 Å². The van der Waals surface area contributed by atoms with Crippen molar-refractivity contribution >= 4 is 0 Å². The largest absolute Gasteiger partial charge is 0.396 e. The summed E-state index contributed by atoms with van der Waals surface area (Å²) in [6, 6.07) is 6.60. The molecule has 1 nitrogen and oxygen atoms in total. The van der Waals surface area contributed by atoms with Gasteiger partial charge in [0.2, 0.25) is 0 Å². The van der Waals surface area contributed by atoms with Crippen LogP contribution in [0.3, 0.4) is 0 Å². The van der Waals surface area contributed by atoms with Crippen molar-refractivity contribution in [1.82, 2.24) is 0 Å². The molecule has 0 spiro atoms. The standard InChI is InChI=1S/C12H16O/c1-9-3-4-10-6-12(2,8-13)7-11(10)5-9/h3-5,13H,6-8H2,1-2H3/t12-/m1/s1. The lowest BCUT2D eigenvalue weighted by molar-refractivity contribution is 0.152. The lowest BCUT2D eigenvalue weighted by atomic mass is 9.88. The van der Waals surface area contributed by atoms with Crippen molar-refractivity contribution in [1.29, 1.82) is 0 Å². The van der Waals surface area contributed by atoms with Gasteiger partial charge in [-0.1, -0.05) is 30.7 Å². The van der Waals surface area contributed by atoms with Crippen LogP contribution in [0.15, 0.2) is 18.2 Å². The minimum atomic E-state index is 0.0934. The Balaban J connectivity index is 2.35. The van der Waals surface area contributed by atoms with Gasteiger partial charge in [-0.05, 0) is 36.3 Å². The molecule has 0 bridgehead atoms. The van der Waals surface area contributed by atoms with Crippen molar-refractivity contribution in [2.45, 2.75) is 26.7 Å². The summed E-state index contributed by atoms with van der Waals surface area (Å²) < 4.78 is 0. The van der Waals surface area contributed by atoms with Crippen molar-refractivity contribution in [3.05, 3.63) is 34.9 Å². The van der Waals surface area contributed by atoms with Crippen LogP contribution in [0.25, 0.3) is 0 Å². The van der Waals surface area contributed by atoms with Gasteiger partial charge < -0.3 is 5.11 Å². The molecule has 0 aromatic heterocycles. The van der Waals surface area contributed by atoms with E-state index in [4.69, 9.17) is 0 Å². The first-order valence-corrected chi connectivity index (χ1v) is 4.82. The minimum absolute atomic E-state index is 0.0934. The number of benzene rings is 1. The molecule has 1 atom stereocenters. The molecular weight excluding hydrogens is 160 g/mol. The van der Waals surface area contributed by atoms with E-state index in [9.17, 15) is 5.11 Å². The fraction of sp³-hybridized carbons (Fsp3) is 0.500. The van der Waals surface area contributed by atoms with Crippen molar-refractivity contribution in [2.75, 3.05) is 6.61 Å². The molecule has 70 valence electrons. The summed E-state index contributed by atoms with van der Waals surface area (Å²) in [4.78, 5) is 0. The smallest absolute Gasteiger partial charge is 0.0491 e. The van der Waals surface area contributed by atoms with Crippen molar-refractivity contribution < 1.29 is 5.11 Å². The molecule has 0 saturated heterocycles. The molecule has 1 heteroatoms. The highest BCUT2D eigenvalue weighted by Gasteiger charge is 2.31. The Morgan fingerprint density at radius 1 is 1.31 bits per heavy atom. The Bertz CT molecular complexity index is 330. The van der Waals surface area contributed by atoms with Crippen LogP contribution >= 0.6 is 0 Å². The van der Waals surface area contributed by atoms with Gasteiger partial charge in [-0.3, -0.25) is 0 Å². The first-order chi connectivity index (χ1) is 6.13. The van der Waals surface area contributed by atoms with E-state index >= 15 is 0 Å². The average molecular weight is 176 g/mol. The number of rotatable bonds is 1. The van der Waals surface area contributed by atoms with Crippen molar-refractivity contribution in [2.24, 2.45) is 5.41 Å². The first kappa shape index (κ1) is 8.76. The second-order valence-electron chi connectivity index (χ2n) is 4.59. The minimum Gasteiger partial charge on any atom is -0.396 e. The number of fused-ring (bicyclic) bond motifs is 1. The molecule has 0 radical (unpaired) electrons. The highest BCUT2D eigenvalue weighted by atomic mass is 16.3. The number of hydrogen-bond acceptors (Lipinski definition) is 1. The van der Waals surface area contributed by atoms with E-state index in [0.29, 0.717) is 6.61 Å². The maximum Gasteiger partial charge on any atom is 0.0491 e. The predicted molar refractivity (Wildman–Crippen MR) is 53.8 cm³/mol. The number of aliphatic hydroxyl groups is 1. The summed E-state index contributed by atoms with van der Waals surface area (Å²) in [5, 5.41) is 9.27. The zero-order chi connectivity index (χ0) is 9.47. The van der Waals surface area contributed by atoms with Gasteiger partial charge in [0.1, 0.15) is 0 Å². The Morgan fingerprint density at radius 2 is 2.00 bits per heavy atom. The van der Waals surface area contributed by atoms with Crippen LogP contribution in [0.2, 0.25) is 0 Å². The Hall–Kier alpha value is -0.820. The summed E-state index contributed by atoms with van der Waals surface area (Å²) >= 11 is 0. The second kappa shape index (κ2) is 2.85. The molecule has 1 aliphatic rings. The molecule has 1 aromatic rings. The van der Waals surface area contributed by atoms with E-state index in [1.165, 1.54) is 16.7 Å². The molecule has 1 aliphatic carbocycles. The molecule has 0 amide bonds. The third-order valence-corrected chi connectivity index (χ3v) is 2.98. The predicted octanol–water partition coefficient (Wildman–Crippen LogP) is 2.09. The summed E-state index contributed by atoms with van der Waals surface area (Å²) in [6.07, 6.45) is 2.06. The fourth-order valence-electron chi connectivity index (χ4n) is 2.19. The van der Waals surface area contributed by atoms with Crippen LogP contribution in [-0.2, 0) is 12.8 Å².